The van der Waals surface area contributed by atoms with Gasteiger partial charge in [0.15, 0.2) is 0 Å². The monoisotopic (exact) mass is 276 g/mol. The lowest BCUT2D eigenvalue weighted by Gasteiger charge is -2.15. The minimum Gasteiger partial charge on any atom is -0.393 e. The van der Waals surface area contributed by atoms with Gasteiger partial charge in [-0.2, -0.15) is 0 Å². The van der Waals surface area contributed by atoms with Gasteiger partial charge < -0.3 is 11.1 Å². The molecular formula is C14H20N4O2. The molecule has 1 aliphatic carbocycles. The highest BCUT2D eigenvalue weighted by atomic mass is 16.6. The highest BCUT2D eigenvalue weighted by Crippen LogP contribution is 2.30. The number of hydrogen-bond acceptors (Lipinski definition) is 5. The molecule has 1 aromatic carbocycles. The second kappa shape index (κ2) is 5.38. The van der Waals surface area contributed by atoms with Gasteiger partial charge in [-0.25, -0.2) is 0 Å². The summed E-state index contributed by atoms with van der Waals surface area (Å²) in [6, 6.07) is 6.34. The molecule has 0 amide bonds. The predicted molar refractivity (Wildman–Crippen MR) is 77.3 cm³/mol. The lowest BCUT2D eigenvalue weighted by molar-refractivity contribution is -0.384. The van der Waals surface area contributed by atoms with Crippen molar-refractivity contribution in [1.29, 1.82) is 0 Å². The van der Waals surface area contributed by atoms with Gasteiger partial charge in [-0.05, 0) is 30.9 Å². The van der Waals surface area contributed by atoms with Crippen molar-refractivity contribution in [2.45, 2.75) is 37.9 Å². The van der Waals surface area contributed by atoms with Crippen LogP contribution in [0.2, 0.25) is 0 Å². The zero-order valence-corrected chi connectivity index (χ0v) is 11.4. The van der Waals surface area contributed by atoms with E-state index in [9.17, 15) is 10.1 Å². The Labute approximate surface area is 118 Å². The fourth-order valence-corrected chi connectivity index (χ4v) is 2.84. The molecular weight excluding hydrogens is 256 g/mol. The van der Waals surface area contributed by atoms with Gasteiger partial charge in [-0.1, -0.05) is 6.07 Å². The molecule has 1 saturated carbocycles. The largest absolute Gasteiger partial charge is 0.393 e. The van der Waals surface area contributed by atoms with E-state index < -0.39 is 4.92 Å². The molecule has 3 N–H and O–H groups in total. The maximum Gasteiger partial charge on any atom is 0.292 e. The number of nitrogens with one attached hydrogen (secondary N) is 1. The molecule has 0 aromatic heterocycles. The van der Waals surface area contributed by atoms with Crippen LogP contribution < -0.4 is 11.1 Å². The van der Waals surface area contributed by atoms with Crippen LogP contribution in [0.5, 0.6) is 0 Å². The molecule has 0 bridgehead atoms. The van der Waals surface area contributed by atoms with E-state index in [0.717, 1.165) is 24.6 Å². The van der Waals surface area contributed by atoms with Gasteiger partial charge in [0.2, 0.25) is 0 Å². The zero-order valence-electron chi connectivity index (χ0n) is 11.4. The normalized spacial score (nSPS) is 23.1. The first-order chi connectivity index (χ1) is 9.63. The number of nitrogens with two attached hydrogens (primary N) is 1. The first-order valence-electron chi connectivity index (χ1n) is 7.13. The molecule has 1 atom stereocenters. The number of benzene rings is 1. The summed E-state index contributed by atoms with van der Waals surface area (Å²) in [4.78, 5) is 13.0. The van der Waals surface area contributed by atoms with E-state index in [-0.39, 0.29) is 11.4 Å². The number of nitrogen functional groups attached to an aromatic ring is 1. The van der Waals surface area contributed by atoms with Crippen LogP contribution in [-0.4, -0.2) is 35.0 Å². The van der Waals surface area contributed by atoms with Crippen LogP contribution in [0.4, 0.5) is 11.4 Å². The molecule has 108 valence electrons. The average molecular weight is 276 g/mol. The second-order valence-electron chi connectivity index (χ2n) is 5.74. The van der Waals surface area contributed by atoms with E-state index in [1.165, 1.54) is 19.4 Å². The van der Waals surface area contributed by atoms with Crippen molar-refractivity contribution in [3.8, 4) is 0 Å². The number of nitro groups is 1. The van der Waals surface area contributed by atoms with Crippen molar-refractivity contribution in [3.63, 3.8) is 0 Å². The van der Waals surface area contributed by atoms with E-state index in [4.69, 9.17) is 5.73 Å². The van der Waals surface area contributed by atoms with Crippen molar-refractivity contribution in [2.75, 3.05) is 18.8 Å². The summed E-state index contributed by atoms with van der Waals surface area (Å²) in [6.07, 6.45) is 3.85. The van der Waals surface area contributed by atoms with Crippen molar-refractivity contribution >= 4 is 11.4 Å². The van der Waals surface area contributed by atoms with E-state index >= 15 is 0 Å². The molecule has 0 spiro atoms. The first kappa shape index (κ1) is 13.3. The molecule has 3 rings (SSSR count). The summed E-state index contributed by atoms with van der Waals surface area (Å²) in [5, 5.41) is 14.3. The summed E-state index contributed by atoms with van der Waals surface area (Å²) in [5.74, 6) is 0. The summed E-state index contributed by atoms with van der Waals surface area (Å²) in [7, 11) is 0. The van der Waals surface area contributed by atoms with Gasteiger partial charge in [0.1, 0.15) is 5.69 Å². The Balaban J connectivity index is 1.55. The number of nitro benzene ring substituents is 1. The molecule has 2 fully saturated rings. The van der Waals surface area contributed by atoms with Gasteiger partial charge in [-0.15, -0.1) is 0 Å². The third-order valence-electron chi connectivity index (χ3n) is 4.17. The number of rotatable bonds is 5. The van der Waals surface area contributed by atoms with E-state index in [0.29, 0.717) is 12.6 Å². The van der Waals surface area contributed by atoms with Crippen molar-refractivity contribution < 1.29 is 4.92 Å². The van der Waals surface area contributed by atoms with Gasteiger partial charge in [0.05, 0.1) is 4.92 Å². The Bertz CT molecular complexity index is 516. The number of hydrogen-bond donors (Lipinski definition) is 2. The van der Waals surface area contributed by atoms with Crippen LogP contribution >= 0.6 is 0 Å². The molecule has 0 radical (unpaired) electrons. The standard InChI is InChI=1S/C14H20N4O2/c15-13-4-1-10(7-14(13)18(19)20)8-16-11-5-6-17(9-11)12-2-3-12/h1,4,7,11-12,16H,2-3,5-6,8-9,15H2/t11-/m0/s1. The summed E-state index contributed by atoms with van der Waals surface area (Å²) < 4.78 is 0. The molecule has 6 nitrogen and oxygen atoms in total. The smallest absolute Gasteiger partial charge is 0.292 e. The Kier molecular flexibility index (Phi) is 3.58. The van der Waals surface area contributed by atoms with Crippen LogP contribution in [0.1, 0.15) is 24.8 Å². The van der Waals surface area contributed by atoms with E-state index in [2.05, 4.69) is 10.2 Å². The van der Waals surface area contributed by atoms with E-state index in [1.807, 2.05) is 6.07 Å². The molecule has 1 aliphatic heterocycles. The first-order valence-corrected chi connectivity index (χ1v) is 7.13. The van der Waals surface area contributed by atoms with Gasteiger partial charge >= 0.3 is 0 Å². The number of nitrogens with zero attached hydrogens (tertiary/aromatic N) is 2. The highest BCUT2D eigenvalue weighted by molar-refractivity contribution is 5.59. The molecule has 1 aromatic rings. The topological polar surface area (TPSA) is 84.4 Å². The van der Waals surface area contributed by atoms with Crippen LogP contribution in [0.25, 0.3) is 0 Å². The Morgan fingerprint density at radius 2 is 2.20 bits per heavy atom. The minimum atomic E-state index is -0.427. The van der Waals surface area contributed by atoms with Gasteiger partial charge in [0, 0.05) is 37.8 Å². The highest BCUT2D eigenvalue weighted by Gasteiger charge is 2.34. The van der Waals surface area contributed by atoms with Gasteiger partial charge in [0.25, 0.3) is 5.69 Å². The third kappa shape index (κ3) is 2.91. The van der Waals surface area contributed by atoms with Crippen molar-refractivity contribution in [3.05, 3.63) is 33.9 Å². The Morgan fingerprint density at radius 1 is 1.40 bits per heavy atom. The van der Waals surface area contributed by atoms with E-state index in [1.54, 1.807) is 12.1 Å². The summed E-state index contributed by atoms with van der Waals surface area (Å²) in [6.45, 7) is 2.93. The van der Waals surface area contributed by atoms with Crippen LogP contribution in [-0.2, 0) is 6.54 Å². The lowest BCUT2D eigenvalue weighted by Crippen LogP contribution is -2.32. The maximum atomic E-state index is 10.9. The predicted octanol–water partition coefficient (Wildman–Crippen LogP) is 1.50. The van der Waals surface area contributed by atoms with Crippen molar-refractivity contribution in [2.24, 2.45) is 0 Å². The zero-order chi connectivity index (χ0) is 14.1. The molecule has 6 heteroatoms. The van der Waals surface area contributed by atoms with Crippen LogP contribution in [0.15, 0.2) is 18.2 Å². The molecule has 1 saturated heterocycles. The fourth-order valence-electron chi connectivity index (χ4n) is 2.84. The van der Waals surface area contributed by atoms with Crippen LogP contribution in [0, 0.1) is 10.1 Å². The van der Waals surface area contributed by atoms with Crippen molar-refractivity contribution in [1.82, 2.24) is 10.2 Å². The minimum absolute atomic E-state index is 0.00433. The van der Waals surface area contributed by atoms with Gasteiger partial charge in [-0.3, -0.25) is 15.0 Å². The quantitative estimate of drug-likeness (QED) is 0.484. The molecule has 2 aliphatic rings. The SMILES string of the molecule is Nc1ccc(CN[C@H]2CCN(C3CC3)C2)cc1[N+](=O)[O-]. The Hall–Kier alpha value is -1.66. The third-order valence-corrected chi connectivity index (χ3v) is 4.17. The number of anilines is 1. The fraction of sp³-hybridized carbons (Fsp3) is 0.571. The molecule has 1 heterocycles. The Morgan fingerprint density at radius 3 is 2.90 bits per heavy atom. The molecule has 20 heavy (non-hydrogen) atoms. The molecule has 0 unspecified atom stereocenters. The maximum absolute atomic E-state index is 10.9. The summed E-state index contributed by atoms with van der Waals surface area (Å²) >= 11 is 0. The average Bonchev–Trinajstić information content (AvgIpc) is 3.17. The van der Waals surface area contributed by atoms with Crippen LogP contribution in [0.3, 0.4) is 0 Å². The number of likely N-dealkylation sites (tertiary alicyclic amines) is 1. The summed E-state index contributed by atoms with van der Waals surface area (Å²) in [5.41, 5.74) is 6.73. The second-order valence-corrected chi connectivity index (χ2v) is 5.74. The lowest BCUT2D eigenvalue weighted by atomic mass is 10.1.